The molecule has 0 radical (unpaired) electrons. The first kappa shape index (κ1) is 63.1. The van der Waals surface area contributed by atoms with E-state index < -0.39 is 32.5 Å². The molecular formula is C57H92NO8P. The van der Waals surface area contributed by atoms with Gasteiger partial charge in [0.05, 0.1) is 13.2 Å². The highest BCUT2D eigenvalue weighted by Crippen LogP contribution is 2.43. The first-order chi connectivity index (χ1) is 32.8. The van der Waals surface area contributed by atoms with Gasteiger partial charge in [-0.3, -0.25) is 18.6 Å². The van der Waals surface area contributed by atoms with E-state index in [2.05, 4.69) is 148 Å². The number of phosphoric acid groups is 1. The van der Waals surface area contributed by atoms with Crippen LogP contribution >= 0.6 is 7.82 Å². The van der Waals surface area contributed by atoms with Crippen LogP contribution in [0.2, 0.25) is 0 Å². The third-order valence-electron chi connectivity index (χ3n) is 10.0. The summed E-state index contributed by atoms with van der Waals surface area (Å²) in [6.45, 7) is 3.50. The van der Waals surface area contributed by atoms with Crippen LogP contribution in [0.15, 0.2) is 134 Å². The SMILES string of the molecule is CC/C=C\C/C=C\C/C=C\C/C=C\C/C=C\C/C=C\C/C=C\C/C=C\CCCCC(=O)OC(COC(=O)CCCCCCCC/C=C\C/C=C\C/C=C\CCCCC)COP(=O)(O)OCCN. The van der Waals surface area contributed by atoms with Gasteiger partial charge in [-0.2, -0.15) is 0 Å². The molecule has 0 fully saturated rings. The number of carbonyl (C=O) groups is 2. The van der Waals surface area contributed by atoms with Crippen molar-refractivity contribution in [3.05, 3.63) is 134 Å². The summed E-state index contributed by atoms with van der Waals surface area (Å²) in [7, 11) is -4.41. The highest BCUT2D eigenvalue weighted by Gasteiger charge is 2.26. The number of rotatable bonds is 46. The lowest BCUT2D eigenvalue weighted by molar-refractivity contribution is -0.161. The van der Waals surface area contributed by atoms with Crippen LogP contribution in [0, 0.1) is 0 Å². The molecule has 0 rings (SSSR count). The molecule has 0 aliphatic carbocycles. The van der Waals surface area contributed by atoms with E-state index in [-0.39, 0.29) is 32.6 Å². The molecule has 0 aromatic carbocycles. The molecule has 378 valence electrons. The number of carbonyl (C=O) groups excluding carboxylic acids is 2. The lowest BCUT2D eigenvalue weighted by atomic mass is 10.1. The quantitative estimate of drug-likeness (QED) is 0.0265. The van der Waals surface area contributed by atoms with Crippen LogP contribution in [0.1, 0.15) is 181 Å². The van der Waals surface area contributed by atoms with Crippen LogP contribution in [0.5, 0.6) is 0 Å². The van der Waals surface area contributed by atoms with Crippen molar-refractivity contribution in [1.82, 2.24) is 0 Å². The Morgan fingerprint density at radius 3 is 1.25 bits per heavy atom. The number of esters is 2. The zero-order chi connectivity index (χ0) is 48.8. The first-order valence-electron chi connectivity index (χ1n) is 25.7. The average molecular weight is 950 g/mol. The summed E-state index contributed by atoms with van der Waals surface area (Å²) >= 11 is 0. The zero-order valence-corrected chi connectivity index (χ0v) is 42.7. The summed E-state index contributed by atoms with van der Waals surface area (Å²) in [5.74, 6) is -0.907. The van der Waals surface area contributed by atoms with Gasteiger partial charge < -0.3 is 20.1 Å². The van der Waals surface area contributed by atoms with Crippen LogP contribution in [0.25, 0.3) is 0 Å². The molecule has 67 heavy (non-hydrogen) atoms. The fourth-order valence-electron chi connectivity index (χ4n) is 6.24. The predicted octanol–water partition coefficient (Wildman–Crippen LogP) is 15.8. The minimum Gasteiger partial charge on any atom is -0.462 e. The minimum atomic E-state index is -4.41. The van der Waals surface area contributed by atoms with E-state index in [1.807, 2.05) is 0 Å². The number of allylic oxidation sites excluding steroid dienone is 22. The van der Waals surface area contributed by atoms with Crippen LogP contribution in [-0.4, -0.2) is 49.3 Å². The monoisotopic (exact) mass is 950 g/mol. The third-order valence-corrected chi connectivity index (χ3v) is 11.0. The summed E-state index contributed by atoms with van der Waals surface area (Å²) in [6, 6.07) is 0. The van der Waals surface area contributed by atoms with Crippen molar-refractivity contribution in [3.8, 4) is 0 Å². The van der Waals surface area contributed by atoms with E-state index in [1.165, 1.54) is 25.7 Å². The summed E-state index contributed by atoms with van der Waals surface area (Å²) in [5, 5.41) is 0. The number of nitrogens with two attached hydrogens (primary N) is 1. The molecule has 0 aromatic rings. The van der Waals surface area contributed by atoms with Gasteiger partial charge in [0, 0.05) is 19.4 Å². The molecule has 0 saturated carbocycles. The minimum absolute atomic E-state index is 0.0359. The highest BCUT2D eigenvalue weighted by atomic mass is 31.2. The Morgan fingerprint density at radius 2 is 0.821 bits per heavy atom. The smallest absolute Gasteiger partial charge is 0.462 e. The molecule has 0 amide bonds. The molecule has 0 aliphatic rings. The third kappa shape index (κ3) is 51.4. The van der Waals surface area contributed by atoms with E-state index in [0.717, 1.165) is 116 Å². The van der Waals surface area contributed by atoms with Crippen molar-refractivity contribution in [3.63, 3.8) is 0 Å². The standard InChI is InChI=1S/C57H92NO8P/c1-3-5-7-9-11-13-15-17-19-21-23-24-25-26-27-28-29-30-32-34-36-38-40-42-44-46-48-50-57(60)66-55(54-65-67(61,62)64-52-51-58)53-63-56(59)49-47-45-43-41-39-37-35-33-31-22-20-18-16-14-12-10-8-6-4-2/h5,7,11-14,17-20,23-24,26-27,29-31,33-34,36,40,42,55H,3-4,6,8-10,15-16,21-22,25,28,32,35,37-39,41,43-54,58H2,1-2H3,(H,61,62)/b7-5-,13-11-,14-12-,19-17-,20-18-,24-23-,27-26-,30-29-,33-31-,36-34-,42-40-. The fraction of sp³-hybridized carbons (Fsp3) is 0.579. The van der Waals surface area contributed by atoms with Gasteiger partial charge in [0.1, 0.15) is 6.61 Å². The first-order valence-corrected chi connectivity index (χ1v) is 27.2. The lowest BCUT2D eigenvalue weighted by Gasteiger charge is -2.19. The molecule has 0 aromatic heterocycles. The van der Waals surface area contributed by atoms with E-state index >= 15 is 0 Å². The second-order valence-corrected chi connectivity index (χ2v) is 17.8. The summed E-state index contributed by atoms with van der Waals surface area (Å²) in [4.78, 5) is 35.1. The zero-order valence-electron chi connectivity index (χ0n) is 41.8. The Balaban J connectivity index is 4.23. The van der Waals surface area contributed by atoms with Gasteiger partial charge in [0.15, 0.2) is 6.10 Å². The molecule has 2 unspecified atom stereocenters. The molecule has 10 heteroatoms. The number of ether oxygens (including phenoxy) is 2. The van der Waals surface area contributed by atoms with Gasteiger partial charge in [0.2, 0.25) is 0 Å². The predicted molar refractivity (Wildman–Crippen MR) is 284 cm³/mol. The van der Waals surface area contributed by atoms with Gasteiger partial charge in [-0.1, -0.05) is 186 Å². The number of unbranched alkanes of at least 4 members (excludes halogenated alkanes) is 11. The van der Waals surface area contributed by atoms with E-state index in [1.54, 1.807) is 0 Å². The summed E-state index contributed by atoms with van der Waals surface area (Å²) in [6.07, 6.45) is 72.0. The lowest BCUT2D eigenvalue weighted by Crippen LogP contribution is -2.29. The maximum Gasteiger partial charge on any atom is 0.472 e. The van der Waals surface area contributed by atoms with E-state index in [4.69, 9.17) is 24.3 Å². The Hall–Kier alpha value is -3.85. The Kier molecular flexibility index (Phi) is 48.6. The molecule has 0 spiro atoms. The van der Waals surface area contributed by atoms with Crippen LogP contribution in [-0.2, 0) is 32.7 Å². The number of hydrogen-bond acceptors (Lipinski definition) is 8. The Labute approximate surface area is 408 Å². The van der Waals surface area contributed by atoms with Crippen LogP contribution in [0.4, 0.5) is 0 Å². The molecule has 0 heterocycles. The maximum absolute atomic E-state index is 12.6. The molecule has 0 saturated heterocycles. The van der Waals surface area contributed by atoms with Gasteiger partial charge in [0.25, 0.3) is 0 Å². The molecule has 0 bridgehead atoms. The Morgan fingerprint density at radius 1 is 0.463 bits per heavy atom. The second-order valence-electron chi connectivity index (χ2n) is 16.3. The fourth-order valence-corrected chi connectivity index (χ4v) is 7.01. The van der Waals surface area contributed by atoms with Crippen molar-refractivity contribution >= 4 is 19.8 Å². The largest absolute Gasteiger partial charge is 0.472 e. The molecular weight excluding hydrogens is 858 g/mol. The summed E-state index contributed by atoms with van der Waals surface area (Å²) in [5.41, 5.74) is 5.36. The van der Waals surface area contributed by atoms with Crippen molar-refractivity contribution in [1.29, 1.82) is 0 Å². The van der Waals surface area contributed by atoms with Gasteiger partial charge in [-0.15, -0.1) is 0 Å². The molecule has 0 aliphatic heterocycles. The normalized spacial score (nSPS) is 14.3. The van der Waals surface area contributed by atoms with Crippen LogP contribution < -0.4 is 5.73 Å². The van der Waals surface area contributed by atoms with Gasteiger partial charge in [-0.05, 0) is 116 Å². The van der Waals surface area contributed by atoms with Gasteiger partial charge >= 0.3 is 19.8 Å². The highest BCUT2D eigenvalue weighted by molar-refractivity contribution is 7.47. The Bertz CT molecular complexity index is 1550. The molecule has 2 atom stereocenters. The van der Waals surface area contributed by atoms with Crippen molar-refractivity contribution in [2.75, 3.05) is 26.4 Å². The maximum atomic E-state index is 12.6. The average Bonchev–Trinajstić information content (AvgIpc) is 3.32. The number of hydrogen-bond donors (Lipinski definition) is 2. The van der Waals surface area contributed by atoms with Gasteiger partial charge in [-0.25, -0.2) is 4.57 Å². The van der Waals surface area contributed by atoms with Crippen LogP contribution in [0.3, 0.4) is 0 Å². The van der Waals surface area contributed by atoms with Crippen molar-refractivity contribution < 1.29 is 37.6 Å². The molecule has 3 N–H and O–H groups in total. The summed E-state index contributed by atoms with van der Waals surface area (Å²) < 4.78 is 32.9. The van der Waals surface area contributed by atoms with Crippen molar-refractivity contribution in [2.45, 2.75) is 187 Å². The molecule has 9 nitrogen and oxygen atoms in total. The van der Waals surface area contributed by atoms with E-state index in [9.17, 15) is 19.0 Å². The number of phosphoric ester groups is 1. The van der Waals surface area contributed by atoms with Crippen molar-refractivity contribution in [2.24, 2.45) is 5.73 Å². The second kappa shape index (κ2) is 51.5. The van der Waals surface area contributed by atoms with E-state index in [0.29, 0.717) is 12.8 Å². The topological polar surface area (TPSA) is 134 Å².